The summed E-state index contributed by atoms with van der Waals surface area (Å²) < 4.78 is 0. The highest BCUT2D eigenvalue weighted by Gasteiger charge is 2.69. The van der Waals surface area contributed by atoms with Crippen LogP contribution >= 0.6 is 11.6 Å². The predicted molar refractivity (Wildman–Crippen MR) is 99.4 cm³/mol. The maximum absolute atomic E-state index is 12.3. The molecule has 3 saturated carbocycles. The van der Waals surface area contributed by atoms with Crippen molar-refractivity contribution in [1.29, 1.82) is 0 Å². The number of fused-ring (bicyclic) bond motifs is 7. The smallest absolute Gasteiger partial charge is 0.161 e. The van der Waals surface area contributed by atoms with Crippen molar-refractivity contribution in [2.75, 3.05) is 0 Å². The minimum atomic E-state index is -1.20. The van der Waals surface area contributed by atoms with E-state index in [1.54, 1.807) is 0 Å². The normalized spacial score (nSPS) is 54.3. The number of hydrogen-bond acceptors (Lipinski definition) is 3. The van der Waals surface area contributed by atoms with Crippen molar-refractivity contribution in [3.8, 4) is 0 Å². The van der Waals surface area contributed by atoms with Gasteiger partial charge in [0.05, 0.1) is 0 Å². The lowest BCUT2D eigenvalue weighted by Crippen LogP contribution is -2.56. The van der Waals surface area contributed by atoms with Crippen LogP contribution in [0, 0.1) is 40.4 Å². The summed E-state index contributed by atoms with van der Waals surface area (Å²) in [6.07, 6.45) is 8.25. The summed E-state index contributed by atoms with van der Waals surface area (Å²) in [6.45, 7) is 5.97. The van der Waals surface area contributed by atoms with Gasteiger partial charge in [-0.15, -0.1) is 0 Å². The van der Waals surface area contributed by atoms with Gasteiger partial charge in [0.15, 0.2) is 11.6 Å². The highest BCUT2D eigenvalue weighted by atomic mass is 35.5. The van der Waals surface area contributed by atoms with Crippen LogP contribution in [-0.2, 0) is 9.59 Å². The third-order valence-corrected chi connectivity index (χ3v) is 9.56. The molecule has 0 aliphatic heterocycles. The summed E-state index contributed by atoms with van der Waals surface area (Å²) in [4.78, 5) is 24.6. The Kier molecular flexibility index (Phi) is 3.25. The number of Topliss-reactive ketones (excluding diaryl/α,β-unsaturated/α-hetero) is 1. The molecule has 0 aromatic carbocycles. The Bertz CT molecular complexity index is 797. The van der Waals surface area contributed by atoms with Gasteiger partial charge in [-0.3, -0.25) is 9.59 Å². The van der Waals surface area contributed by atoms with Crippen molar-refractivity contribution in [3.05, 3.63) is 22.8 Å². The average Bonchev–Trinajstić information content (AvgIpc) is 3.33. The number of carbonyl (C=O) groups is 2. The van der Waals surface area contributed by atoms with Crippen LogP contribution in [0.1, 0.15) is 52.9 Å². The van der Waals surface area contributed by atoms with Crippen molar-refractivity contribution >= 4 is 23.2 Å². The Balaban J connectivity index is 1.62. The predicted octanol–water partition coefficient (Wildman–Crippen LogP) is 4.04. The molecular weight excluding hydrogens is 348 g/mol. The molecule has 140 valence electrons. The molecule has 4 heteroatoms. The second-order valence-electron chi connectivity index (χ2n) is 9.91. The molecule has 0 bridgehead atoms. The van der Waals surface area contributed by atoms with Crippen molar-refractivity contribution in [2.45, 2.75) is 58.5 Å². The summed E-state index contributed by atoms with van der Waals surface area (Å²) in [6, 6.07) is 0. The Hall–Kier alpha value is -0.930. The molecule has 1 N–H and O–H groups in total. The SMILES string of the molecule is CC(=O)[C@@]1(O)CC[C@H]2[C@@H]3C=C(Cl)C4=CC(=O)C5CC5[C@@]4(C)[C@@H]3CC[C@@]21C. The molecule has 0 amide bonds. The fourth-order valence-electron chi connectivity index (χ4n) is 7.56. The zero-order valence-electron chi connectivity index (χ0n) is 15.7. The Morgan fingerprint density at radius 1 is 1.19 bits per heavy atom. The fourth-order valence-corrected chi connectivity index (χ4v) is 7.96. The number of halogens is 1. The van der Waals surface area contributed by atoms with E-state index in [1.807, 2.05) is 6.08 Å². The number of aliphatic hydroxyl groups is 1. The van der Waals surface area contributed by atoms with Gasteiger partial charge in [-0.2, -0.15) is 0 Å². The quantitative estimate of drug-likeness (QED) is 0.753. The van der Waals surface area contributed by atoms with Crippen LogP contribution in [0.4, 0.5) is 0 Å². The first kappa shape index (κ1) is 17.2. The molecule has 3 nitrogen and oxygen atoms in total. The van der Waals surface area contributed by atoms with E-state index < -0.39 is 5.60 Å². The lowest BCUT2D eigenvalue weighted by molar-refractivity contribution is -0.157. The highest BCUT2D eigenvalue weighted by Crippen LogP contribution is 2.72. The van der Waals surface area contributed by atoms with Gasteiger partial charge in [-0.25, -0.2) is 0 Å². The molecule has 5 rings (SSSR count). The Labute approximate surface area is 159 Å². The van der Waals surface area contributed by atoms with E-state index >= 15 is 0 Å². The monoisotopic (exact) mass is 374 g/mol. The summed E-state index contributed by atoms with van der Waals surface area (Å²) in [5.74, 6) is 1.78. The van der Waals surface area contributed by atoms with Crippen molar-refractivity contribution in [3.63, 3.8) is 0 Å². The topological polar surface area (TPSA) is 54.4 Å². The zero-order chi connectivity index (χ0) is 18.6. The first-order chi connectivity index (χ1) is 12.1. The molecule has 3 fully saturated rings. The second kappa shape index (κ2) is 4.91. The summed E-state index contributed by atoms with van der Waals surface area (Å²) in [5.41, 5.74) is -0.566. The average molecular weight is 375 g/mol. The lowest BCUT2D eigenvalue weighted by atomic mass is 9.47. The molecule has 0 saturated heterocycles. The van der Waals surface area contributed by atoms with Gasteiger partial charge in [-0.05, 0) is 74.3 Å². The molecular formula is C22H27ClO3. The van der Waals surface area contributed by atoms with Crippen LogP contribution in [0.3, 0.4) is 0 Å². The molecule has 5 aliphatic rings. The van der Waals surface area contributed by atoms with E-state index in [9.17, 15) is 14.7 Å². The number of rotatable bonds is 1. The molecule has 26 heavy (non-hydrogen) atoms. The second-order valence-corrected chi connectivity index (χ2v) is 10.3. The van der Waals surface area contributed by atoms with Gasteiger partial charge in [0.2, 0.25) is 0 Å². The Morgan fingerprint density at radius 3 is 2.58 bits per heavy atom. The van der Waals surface area contributed by atoms with Crippen LogP contribution in [0.5, 0.6) is 0 Å². The zero-order valence-corrected chi connectivity index (χ0v) is 16.5. The van der Waals surface area contributed by atoms with Gasteiger partial charge in [0.1, 0.15) is 5.60 Å². The maximum Gasteiger partial charge on any atom is 0.161 e. The van der Waals surface area contributed by atoms with Crippen LogP contribution in [0.2, 0.25) is 0 Å². The van der Waals surface area contributed by atoms with Crippen LogP contribution in [-0.4, -0.2) is 22.3 Å². The number of hydrogen-bond donors (Lipinski definition) is 1. The number of carbonyl (C=O) groups excluding carboxylic acids is 2. The maximum atomic E-state index is 12.3. The van der Waals surface area contributed by atoms with Crippen LogP contribution in [0.25, 0.3) is 0 Å². The summed E-state index contributed by atoms with van der Waals surface area (Å²) >= 11 is 6.73. The van der Waals surface area contributed by atoms with Crippen LogP contribution in [0.15, 0.2) is 22.8 Å². The van der Waals surface area contributed by atoms with Gasteiger partial charge in [0.25, 0.3) is 0 Å². The summed E-state index contributed by atoms with van der Waals surface area (Å²) in [7, 11) is 0. The Morgan fingerprint density at radius 2 is 1.88 bits per heavy atom. The molecule has 8 atom stereocenters. The van der Waals surface area contributed by atoms with Gasteiger partial charge in [0, 0.05) is 21.8 Å². The van der Waals surface area contributed by atoms with E-state index in [4.69, 9.17) is 11.6 Å². The first-order valence-electron chi connectivity index (χ1n) is 10.0. The third-order valence-electron chi connectivity index (χ3n) is 9.23. The van der Waals surface area contributed by atoms with E-state index in [-0.39, 0.29) is 40.2 Å². The largest absolute Gasteiger partial charge is 0.382 e. The van der Waals surface area contributed by atoms with Crippen LogP contribution < -0.4 is 0 Å². The van der Waals surface area contributed by atoms with E-state index in [0.29, 0.717) is 18.3 Å². The highest BCUT2D eigenvalue weighted by molar-refractivity contribution is 6.32. The molecule has 0 aromatic rings. The lowest BCUT2D eigenvalue weighted by Gasteiger charge is -2.57. The van der Waals surface area contributed by atoms with Gasteiger partial charge in [-0.1, -0.05) is 31.5 Å². The minimum absolute atomic E-state index is 0.0344. The molecule has 0 aromatic heterocycles. The van der Waals surface area contributed by atoms with Crippen molar-refractivity contribution < 1.29 is 14.7 Å². The third kappa shape index (κ3) is 1.75. The molecule has 0 heterocycles. The molecule has 5 aliphatic carbocycles. The van der Waals surface area contributed by atoms with E-state index in [0.717, 1.165) is 36.3 Å². The van der Waals surface area contributed by atoms with E-state index in [1.165, 1.54) is 6.92 Å². The van der Waals surface area contributed by atoms with Gasteiger partial charge < -0.3 is 5.11 Å². The standard InChI is InChI=1S/C22H27ClO3/c1-11(24)22(26)7-5-14-12-9-18(23)17-10-19(25)13-8-16(13)21(17,3)15(12)4-6-20(14,22)2/h9-10,12-16,26H,4-8H2,1-3H3/t12-,13?,14-,15+,16?,20-,21+,22-/m0/s1. The number of ketones is 2. The molecule has 2 unspecified atom stereocenters. The fraction of sp³-hybridized carbons (Fsp3) is 0.727. The minimum Gasteiger partial charge on any atom is -0.382 e. The van der Waals surface area contributed by atoms with E-state index in [2.05, 4.69) is 19.9 Å². The first-order valence-corrected chi connectivity index (χ1v) is 10.4. The van der Waals surface area contributed by atoms with Crippen molar-refractivity contribution in [1.82, 2.24) is 0 Å². The molecule has 0 radical (unpaired) electrons. The van der Waals surface area contributed by atoms with Crippen molar-refractivity contribution in [2.24, 2.45) is 40.4 Å². The number of allylic oxidation sites excluding steroid dienone is 4. The summed E-state index contributed by atoms with van der Waals surface area (Å²) in [5, 5.41) is 11.9. The molecule has 0 spiro atoms. The van der Waals surface area contributed by atoms with Gasteiger partial charge >= 0.3 is 0 Å².